The highest BCUT2D eigenvalue weighted by molar-refractivity contribution is 5.85. The molecule has 0 radical (unpaired) electrons. The Kier molecular flexibility index (Phi) is 7.38. The van der Waals surface area contributed by atoms with E-state index in [0.717, 1.165) is 37.4 Å². The zero-order valence-electron chi connectivity index (χ0n) is 22.5. The van der Waals surface area contributed by atoms with Crippen molar-refractivity contribution in [3.05, 3.63) is 70.8 Å². The standard InChI is InChI=1S/C29H29FN6O5/c1-17-13-35(15-24-33-27-26(34-28(41-27)29(37)38)36(24)14-20-8-10-39-20)9-7-21(17)23-3-2-4-25(32-23)40-16-19-6-5-18(12-31)11-22(19)30/h2-6,11,17,20-21H,7-10,13-16H2,1H3,(H,37,38)/t17-,20+,21?/m1/s1. The van der Waals surface area contributed by atoms with Gasteiger partial charge < -0.3 is 23.6 Å². The number of hydrogen-bond acceptors (Lipinski definition) is 9. The highest BCUT2D eigenvalue weighted by Crippen LogP contribution is 2.33. The molecule has 1 N–H and O–H groups in total. The van der Waals surface area contributed by atoms with Crippen LogP contribution in [0.3, 0.4) is 0 Å². The predicted molar refractivity (Wildman–Crippen MR) is 143 cm³/mol. The fourth-order valence-electron chi connectivity index (χ4n) is 5.51. The van der Waals surface area contributed by atoms with E-state index in [-0.39, 0.29) is 35.8 Å². The van der Waals surface area contributed by atoms with E-state index < -0.39 is 11.8 Å². The Morgan fingerprint density at radius 2 is 2.10 bits per heavy atom. The van der Waals surface area contributed by atoms with Crippen LogP contribution in [-0.2, 0) is 24.4 Å². The predicted octanol–water partition coefficient (Wildman–Crippen LogP) is 4.12. The molecule has 3 atom stereocenters. The van der Waals surface area contributed by atoms with Crippen molar-refractivity contribution in [2.75, 3.05) is 19.7 Å². The number of fused-ring (bicyclic) bond motifs is 1. The van der Waals surface area contributed by atoms with Gasteiger partial charge in [0.2, 0.25) is 11.5 Å². The van der Waals surface area contributed by atoms with Crippen molar-refractivity contribution in [3.8, 4) is 11.9 Å². The van der Waals surface area contributed by atoms with E-state index in [1.165, 1.54) is 6.07 Å². The van der Waals surface area contributed by atoms with Gasteiger partial charge in [-0.2, -0.15) is 15.2 Å². The molecule has 12 heteroatoms. The number of pyridine rings is 1. The number of likely N-dealkylation sites (tertiary alicyclic amines) is 1. The third kappa shape index (κ3) is 5.64. The van der Waals surface area contributed by atoms with Gasteiger partial charge in [-0.05, 0) is 43.5 Å². The van der Waals surface area contributed by atoms with Crippen molar-refractivity contribution >= 4 is 17.3 Å². The topological polar surface area (TPSA) is 140 Å². The van der Waals surface area contributed by atoms with Crippen LogP contribution in [0.1, 0.15) is 59.0 Å². The summed E-state index contributed by atoms with van der Waals surface area (Å²) in [7, 11) is 0. The van der Waals surface area contributed by atoms with Crippen molar-refractivity contribution < 1.29 is 28.2 Å². The molecular weight excluding hydrogens is 531 g/mol. The number of ether oxygens (including phenoxy) is 2. The summed E-state index contributed by atoms with van der Waals surface area (Å²) in [5, 5.41) is 18.2. The second-order valence-corrected chi connectivity index (χ2v) is 10.6. The number of hydrogen-bond donors (Lipinski definition) is 1. The lowest BCUT2D eigenvalue weighted by Crippen LogP contribution is -2.39. The van der Waals surface area contributed by atoms with Crippen LogP contribution in [0.2, 0.25) is 0 Å². The molecular formula is C29H29FN6O5. The van der Waals surface area contributed by atoms with Crippen molar-refractivity contribution in [2.45, 2.75) is 51.5 Å². The second-order valence-electron chi connectivity index (χ2n) is 10.6. The minimum absolute atomic E-state index is 0.0201. The van der Waals surface area contributed by atoms with Gasteiger partial charge in [-0.25, -0.2) is 14.2 Å². The highest BCUT2D eigenvalue weighted by atomic mass is 19.1. The van der Waals surface area contributed by atoms with Gasteiger partial charge in [-0.15, -0.1) is 0 Å². The number of halogens is 1. The molecule has 4 aromatic rings. The number of carboxylic acids is 1. The van der Waals surface area contributed by atoms with E-state index in [0.29, 0.717) is 42.7 Å². The number of nitriles is 1. The maximum Gasteiger partial charge on any atom is 0.392 e. The Bertz CT molecular complexity index is 1620. The third-order valence-electron chi connectivity index (χ3n) is 7.79. The van der Waals surface area contributed by atoms with Crippen molar-refractivity contribution in [2.24, 2.45) is 5.92 Å². The summed E-state index contributed by atoms with van der Waals surface area (Å²) in [6.45, 7) is 5.69. The van der Waals surface area contributed by atoms with E-state index in [1.807, 2.05) is 22.8 Å². The molecule has 3 aromatic heterocycles. The van der Waals surface area contributed by atoms with Gasteiger partial charge in [0.15, 0.2) is 0 Å². The SMILES string of the molecule is C[C@@H]1CN(Cc2nc3oc(C(=O)O)nc3n2C[C@@H]2CCO2)CCC1c1cccc(OCc2ccc(C#N)cc2F)n1. The minimum atomic E-state index is -1.23. The van der Waals surface area contributed by atoms with Crippen LogP contribution in [0.15, 0.2) is 40.8 Å². The van der Waals surface area contributed by atoms with Gasteiger partial charge in [0.25, 0.3) is 5.71 Å². The summed E-state index contributed by atoms with van der Waals surface area (Å²) in [5.41, 5.74) is 2.21. The Balaban J connectivity index is 1.11. The number of piperidine rings is 1. The number of nitrogens with zero attached hydrogens (tertiary/aromatic N) is 6. The van der Waals surface area contributed by atoms with Crippen LogP contribution in [0.25, 0.3) is 11.4 Å². The monoisotopic (exact) mass is 560 g/mol. The number of aromatic nitrogens is 4. The fraction of sp³-hybridized carbons (Fsp3) is 0.414. The summed E-state index contributed by atoms with van der Waals surface area (Å²) >= 11 is 0. The number of carbonyl (C=O) groups is 1. The molecule has 0 amide bonds. The van der Waals surface area contributed by atoms with E-state index >= 15 is 0 Å². The van der Waals surface area contributed by atoms with Crippen LogP contribution >= 0.6 is 0 Å². The van der Waals surface area contributed by atoms with E-state index in [9.17, 15) is 14.3 Å². The average Bonchev–Trinajstić information content (AvgIpc) is 3.48. The molecule has 1 unspecified atom stereocenters. The number of oxazole rings is 1. The molecule has 1 aromatic carbocycles. The molecule has 212 valence electrons. The Morgan fingerprint density at radius 1 is 1.24 bits per heavy atom. The first-order chi connectivity index (χ1) is 19.9. The van der Waals surface area contributed by atoms with Crippen molar-refractivity contribution in [1.29, 1.82) is 5.26 Å². The van der Waals surface area contributed by atoms with Gasteiger partial charge >= 0.3 is 11.9 Å². The number of carboxylic acid groups (broad SMARTS) is 1. The van der Waals surface area contributed by atoms with E-state index in [4.69, 9.17) is 24.1 Å². The third-order valence-corrected chi connectivity index (χ3v) is 7.79. The highest BCUT2D eigenvalue weighted by Gasteiger charge is 2.31. The van der Waals surface area contributed by atoms with Crippen LogP contribution in [0.4, 0.5) is 4.39 Å². The van der Waals surface area contributed by atoms with Gasteiger partial charge in [-0.3, -0.25) is 4.90 Å². The normalized spacial score (nSPS) is 21.0. The number of benzene rings is 1. The molecule has 0 spiro atoms. The first-order valence-electron chi connectivity index (χ1n) is 13.6. The van der Waals surface area contributed by atoms with Crippen LogP contribution < -0.4 is 4.74 Å². The molecule has 2 saturated heterocycles. The lowest BCUT2D eigenvalue weighted by molar-refractivity contribution is -0.0593. The summed E-state index contributed by atoms with van der Waals surface area (Å²) in [4.78, 5) is 27.2. The molecule has 5 heterocycles. The van der Waals surface area contributed by atoms with Gasteiger partial charge in [0.1, 0.15) is 18.2 Å². The van der Waals surface area contributed by atoms with Gasteiger partial charge in [-0.1, -0.05) is 19.1 Å². The molecule has 0 bridgehead atoms. The Morgan fingerprint density at radius 3 is 2.80 bits per heavy atom. The summed E-state index contributed by atoms with van der Waals surface area (Å²) in [6.07, 6.45) is 1.87. The van der Waals surface area contributed by atoms with Crippen LogP contribution in [0.5, 0.6) is 5.88 Å². The second kappa shape index (κ2) is 11.3. The summed E-state index contributed by atoms with van der Waals surface area (Å²) in [5.74, 6) is -0.358. The van der Waals surface area contributed by atoms with E-state index in [1.54, 1.807) is 18.2 Å². The number of rotatable bonds is 9. The number of aromatic carboxylic acids is 1. The van der Waals surface area contributed by atoms with Crippen molar-refractivity contribution in [3.63, 3.8) is 0 Å². The van der Waals surface area contributed by atoms with E-state index in [2.05, 4.69) is 21.8 Å². The smallest absolute Gasteiger partial charge is 0.392 e. The minimum Gasteiger partial charge on any atom is -0.474 e. The quantitative estimate of drug-likeness (QED) is 0.318. The largest absolute Gasteiger partial charge is 0.474 e. The zero-order chi connectivity index (χ0) is 28.5. The lowest BCUT2D eigenvalue weighted by Gasteiger charge is -2.36. The molecule has 2 fully saturated rings. The molecule has 2 aliphatic heterocycles. The summed E-state index contributed by atoms with van der Waals surface area (Å²) < 4.78 is 33.0. The molecule has 6 rings (SSSR count). The van der Waals surface area contributed by atoms with Gasteiger partial charge in [0.05, 0.1) is 30.8 Å². The molecule has 11 nitrogen and oxygen atoms in total. The zero-order valence-corrected chi connectivity index (χ0v) is 22.5. The first-order valence-corrected chi connectivity index (χ1v) is 13.6. The molecule has 0 saturated carbocycles. The first kappa shape index (κ1) is 26.9. The molecule has 0 aliphatic carbocycles. The lowest BCUT2D eigenvalue weighted by atomic mass is 9.84. The average molecular weight is 561 g/mol. The summed E-state index contributed by atoms with van der Waals surface area (Å²) in [6, 6.07) is 11.9. The van der Waals surface area contributed by atoms with Crippen molar-refractivity contribution in [1.82, 2.24) is 24.4 Å². The Labute approximate surface area is 235 Å². The van der Waals surface area contributed by atoms with Crippen LogP contribution in [-0.4, -0.2) is 61.3 Å². The Hall–Kier alpha value is -4.34. The van der Waals surface area contributed by atoms with Gasteiger partial charge in [0, 0.05) is 36.4 Å². The van der Waals surface area contributed by atoms with Crippen LogP contribution in [0, 0.1) is 23.1 Å². The fourth-order valence-corrected chi connectivity index (χ4v) is 5.51. The number of imidazole rings is 1. The maximum atomic E-state index is 14.3. The maximum absolute atomic E-state index is 14.3. The molecule has 2 aliphatic rings. The molecule has 41 heavy (non-hydrogen) atoms.